The Bertz CT molecular complexity index is 1700. The molecule has 3 aromatic carbocycles. The number of benzene rings is 3. The summed E-state index contributed by atoms with van der Waals surface area (Å²) in [6, 6.07) is 18.9. The monoisotopic (exact) mass is 570 g/mol. The normalized spacial score (nSPS) is 14.5. The number of fused-ring (bicyclic) bond motifs is 2. The third-order valence-electron chi connectivity index (χ3n) is 7.59. The quantitative estimate of drug-likeness (QED) is 0.216. The van der Waals surface area contributed by atoms with Crippen LogP contribution < -0.4 is 9.47 Å². The van der Waals surface area contributed by atoms with E-state index in [-0.39, 0.29) is 18.5 Å². The lowest BCUT2D eigenvalue weighted by atomic mass is 10.1. The number of nitrogens with zero attached hydrogens (tertiary/aromatic N) is 4. The van der Waals surface area contributed by atoms with E-state index in [1.54, 1.807) is 18.3 Å². The minimum absolute atomic E-state index is 0.0824. The molecule has 0 bridgehead atoms. The van der Waals surface area contributed by atoms with Crippen LogP contribution in [-0.4, -0.2) is 62.9 Å². The van der Waals surface area contributed by atoms with Crippen LogP contribution in [0.5, 0.6) is 17.4 Å². The number of likely N-dealkylation sites (tertiary alicyclic amines) is 1. The van der Waals surface area contributed by atoms with Crippen molar-refractivity contribution in [3.63, 3.8) is 0 Å². The summed E-state index contributed by atoms with van der Waals surface area (Å²) in [6.07, 6.45) is 4.86. The molecular weight excluding hydrogens is 540 g/mol. The van der Waals surface area contributed by atoms with Crippen molar-refractivity contribution < 1.29 is 19.4 Å². The number of aromatic nitrogens is 3. The second-order valence-electron chi connectivity index (χ2n) is 10.5. The van der Waals surface area contributed by atoms with Gasteiger partial charge in [-0.05, 0) is 78.6 Å². The standard InChI is InChI=1S/C32H31ClN4O4/c1-21-15-23-16-24(33)5-4-22(23)17-31(21)40-20-30(39)28-19-37(14-13-36-11-8-25(38)9-12-36)29-18-26(6-7-27(28)29)41-32-3-2-10-34-35-32/h2-7,10,15-19,25,38H,8-9,11-14,20H2,1H3. The Kier molecular flexibility index (Phi) is 7.87. The number of aliphatic hydroxyl groups is 1. The molecular formula is C32H31ClN4O4. The predicted octanol–water partition coefficient (Wildman–Crippen LogP) is 6.06. The van der Waals surface area contributed by atoms with Gasteiger partial charge in [-0.3, -0.25) is 4.79 Å². The van der Waals surface area contributed by atoms with Gasteiger partial charge in [0, 0.05) is 66.7 Å². The first-order valence-electron chi connectivity index (χ1n) is 13.8. The molecule has 0 aliphatic carbocycles. The van der Waals surface area contributed by atoms with Gasteiger partial charge in [-0.2, -0.15) is 5.10 Å². The van der Waals surface area contributed by atoms with Crippen LogP contribution in [0, 0.1) is 6.92 Å². The summed E-state index contributed by atoms with van der Waals surface area (Å²) in [5.41, 5.74) is 2.43. The van der Waals surface area contributed by atoms with Gasteiger partial charge < -0.3 is 24.0 Å². The van der Waals surface area contributed by atoms with Gasteiger partial charge in [0.1, 0.15) is 11.5 Å². The van der Waals surface area contributed by atoms with Crippen LogP contribution in [0.1, 0.15) is 28.8 Å². The molecule has 9 heteroatoms. The van der Waals surface area contributed by atoms with Crippen molar-refractivity contribution in [2.24, 2.45) is 0 Å². The number of rotatable bonds is 9. The molecule has 5 aromatic rings. The molecule has 0 saturated carbocycles. The number of ether oxygens (including phenoxy) is 2. The van der Waals surface area contributed by atoms with E-state index >= 15 is 0 Å². The fraction of sp³-hybridized carbons (Fsp3) is 0.281. The number of ketones is 1. The van der Waals surface area contributed by atoms with E-state index in [0.29, 0.717) is 34.5 Å². The van der Waals surface area contributed by atoms with Crippen LogP contribution in [0.15, 0.2) is 73.1 Å². The molecule has 0 radical (unpaired) electrons. The van der Waals surface area contributed by atoms with Gasteiger partial charge in [0.25, 0.3) is 0 Å². The van der Waals surface area contributed by atoms with E-state index in [4.69, 9.17) is 21.1 Å². The van der Waals surface area contributed by atoms with Crippen LogP contribution in [0.4, 0.5) is 0 Å². The highest BCUT2D eigenvalue weighted by molar-refractivity contribution is 6.31. The number of carbonyl (C=O) groups excluding carboxylic acids is 1. The number of piperidine rings is 1. The number of hydrogen-bond acceptors (Lipinski definition) is 7. The maximum atomic E-state index is 13.5. The highest BCUT2D eigenvalue weighted by atomic mass is 35.5. The molecule has 1 fully saturated rings. The van der Waals surface area contributed by atoms with Crippen molar-refractivity contribution in [3.8, 4) is 17.4 Å². The minimum Gasteiger partial charge on any atom is -0.485 e. The first-order chi connectivity index (χ1) is 19.9. The Balaban J connectivity index is 1.25. The average molecular weight is 571 g/mol. The summed E-state index contributed by atoms with van der Waals surface area (Å²) in [5.74, 6) is 1.58. The fourth-order valence-corrected chi connectivity index (χ4v) is 5.52. The van der Waals surface area contributed by atoms with Crippen molar-refractivity contribution >= 4 is 39.1 Å². The zero-order valence-electron chi connectivity index (χ0n) is 22.8. The van der Waals surface area contributed by atoms with Gasteiger partial charge in [0.2, 0.25) is 11.7 Å². The SMILES string of the molecule is Cc1cc2cc(Cl)ccc2cc1OCC(=O)c1cn(CCN2CCC(O)CC2)c2cc(Oc3cccnn3)ccc12. The van der Waals surface area contributed by atoms with Gasteiger partial charge in [0.15, 0.2) is 6.61 Å². The smallest absolute Gasteiger partial charge is 0.238 e. The van der Waals surface area contributed by atoms with Crippen molar-refractivity contribution in [1.29, 1.82) is 0 Å². The maximum Gasteiger partial charge on any atom is 0.238 e. The predicted molar refractivity (Wildman–Crippen MR) is 159 cm³/mol. The maximum absolute atomic E-state index is 13.5. The summed E-state index contributed by atoms with van der Waals surface area (Å²) >= 11 is 6.15. The van der Waals surface area contributed by atoms with Crippen molar-refractivity contribution in [2.75, 3.05) is 26.2 Å². The first kappa shape index (κ1) is 27.2. The Labute approximate surface area is 243 Å². The zero-order chi connectivity index (χ0) is 28.3. The molecule has 0 amide bonds. The van der Waals surface area contributed by atoms with E-state index in [1.807, 2.05) is 61.7 Å². The third-order valence-corrected chi connectivity index (χ3v) is 7.83. The van der Waals surface area contributed by atoms with E-state index in [2.05, 4.69) is 19.7 Å². The summed E-state index contributed by atoms with van der Waals surface area (Å²) in [6.45, 7) is 5.11. The van der Waals surface area contributed by atoms with Crippen LogP contribution in [0.2, 0.25) is 5.02 Å². The molecule has 0 spiro atoms. The van der Waals surface area contributed by atoms with Gasteiger partial charge in [-0.15, -0.1) is 5.10 Å². The lowest BCUT2D eigenvalue weighted by Gasteiger charge is -2.29. The summed E-state index contributed by atoms with van der Waals surface area (Å²) in [7, 11) is 0. The van der Waals surface area contributed by atoms with Gasteiger partial charge >= 0.3 is 0 Å². The molecule has 1 aliphatic rings. The van der Waals surface area contributed by atoms with Crippen LogP contribution in [-0.2, 0) is 6.54 Å². The van der Waals surface area contributed by atoms with Crippen LogP contribution >= 0.6 is 11.6 Å². The minimum atomic E-state index is -0.215. The zero-order valence-corrected chi connectivity index (χ0v) is 23.6. The van der Waals surface area contributed by atoms with E-state index in [1.165, 1.54) is 0 Å². The molecule has 41 heavy (non-hydrogen) atoms. The number of halogens is 1. The summed E-state index contributed by atoms with van der Waals surface area (Å²) < 4.78 is 14.1. The van der Waals surface area contributed by atoms with E-state index in [9.17, 15) is 9.90 Å². The highest BCUT2D eigenvalue weighted by Crippen LogP contribution is 2.30. The molecule has 1 N–H and O–H groups in total. The second kappa shape index (κ2) is 11.9. The Hall–Kier alpha value is -3.98. The average Bonchev–Trinajstić information content (AvgIpc) is 3.34. The molecule has 0 unspecified atom stereocenters. The lowest BCUT2D eigenvalue weighted by molar-refractivity contribution is 0.0811. The molecule has 1 aliphatic heterocycles. The lowest BCUT2D eigenvalue weighted by Crippen LogP contribution is -2.37. The fourth-order valence-electron chi connectivity index (χ4n) is 5.34. The molecule has 3 heterocycles. The van der Waals surface area contributed by atoms with Gasteiger partial charge in [-0.1, -0.05) is 17.7 Å². The Morgan fingerprint density at radius 1 is 1.05 bits per heavy atom. The Morgan fingerprint density at radius 2 is 1.90 bits per heavy atom. The van der Waals surface area contributed by atoms with Crippen molar-refractivity contribution in [3.05, 3.63) is 89.2 Å². The number of carbonyl (C=O) groups is 1. The molecule has 2 aromatic heterocycles. The number of aliphatic hydroxyl groups excluding tert-OH is 1. The summed E-state index contributed by atoms with van der Waals surface area (Å²) in [5, 5.41) is 21.3. The van der Waals surface area contributed by atoms with Crippen molar-refractivity contribution in [1.82, 2.24) is 19.7 Å². The van der Waals surface area contributed by atoms with E-state index in [0.717, 1.165) is 59.7 Å². The third kappa shape index (κ3) is 6.20. The molecule has 210 valence electrons. The Morgan fingerprint density at radius 3 is 2.71 bits per heavy atom. The molecule has 1 saturated heterocycles. The second-order valence-corrected chi connectivity index (χ2v) is 10.9. The molecule has 0 atom stereocenters. The molecule has 6 rings (SSSR count). The first-order valence-corrected chi connectivity index (χ1v) is 14.2. The number of aryl methyl sites for hydroxylation is 1. The van der Waals surface area contributed by atoms with Gasteiger partial charge in [0.05, 0.1) is 11.6 Å². The van der Waals surface area contributed by atoms with Crippen molar-refractivity contribution in [2.45, 2.75) is 32.4 Å². The highest BCUT2D eigenvalue weighted by Gasteiger charge is 2.20. The van der Waals surface area contributed by atoms with Crippen LogP contribution in [0.3, 0.4) is 0 Å². The number of Topliss-reactive ketones (excluding diaryl/α,β-unsaturated/α-hetero) is 1. The molecule has 8 nitrogen and oxygen atoms in total. The van der Waals surface area contributed by atoms with Gasteiger partial charge in [-0.25, -0.2) is 0 Å². The topological polar surface area (TPSA) is 89.7 Å². The number of hydrogen-bond donors (Lipinski definition) is 1. The van der Waals surface area contributed by atoms with Crippen LogP contribution in [0.25, 0.3) is 21.7 Å². The largest absolute Gasteiger partial charge is 0.485 e. The van der Waals surface area contributed by atoms with E-state index < -0.39 is 0 Å². The summed E-state index contributed by atoms with van der Waals surface area (Å²) in [4.78, 5) is 15.9.